The van der Waals surface area contributed by atoms with E-state index in [1.807, 2.05) is 0 Å². The SMILES string of the molecule is CCC/C=C\C/C=C\CCCCCCCC(=O)OCC(COC(=O)CCCCCCCCCCCCCCCCCCCCCCCCCC)OC(=O)CCCCCCCCC/C=C\CCCCCCCC. The van der Waals surface area contributed by atoms with Crippen LogP contribution < -0.4 is 0 Å². The molecule has 0 bridgehead atoms. The first-order chi connectivity index (χ1) is 35.5. The molecule has 0 aromatic rings. The lowest BCUT2D eigenvalue weighted by molar-refractivity contribution is -0.167. The molecular weight excluding hydrogens is 889 g/mol. The Morgan fingerprint density at radius 1 is 0.278 bits per heavy atom. The molecule has 0 aliphatic carbocycles. The number of rotatable bonds is 59. The number of ether oxygens (including phenoxy) is 3. The van der Waals surface area contributed by atoms with Crippen LogP contribution in [0.25, 0.3) is 0 Å². The predicted octanol–water partition coefficient (Wildman–Crippen LogP) is 21.6. The largest absolute Gasteiger partial charge is 0.462 e. The summed E-state index contributed by atoms with van der Waals surface area (Å²) in [6, 6.07) is 0. The quantitative estimate of drug-likeness (QED) is 0.0261. The van der Waals surface area contributed by atoms with Gasteiger partial charge >= 0.3 is 17.9 Å². The first kappa shape index (κ1) is 69.6. The van der Waals surface area contributed by atoms with E-state index >= 15 is 0 Å². The van der Waals surface area contributed by atoms with Crippen LogP contribution in [-0.4, -0.2) is 37.2 Å². The summed E-state index contributed by atoms with van der Waals surface area (Å²) < 4.78 is 16.9. The van der Waals surface area contributed by atoms with Crippen LogP contribution in [0.2, 0.25) is 0 Å². The molecule has 0 amide bonds. The monoisotopic (exact) mass is 1010 g/mol. The zero-order chi connectivity index (χ0) is 52.2. The van der Waals surface area contributed by atoms with Crippen LogP contribution in [0, 0.1) is 0 Å². The number of hydrogen-bond acceptors (Lipinski definition) is 6. The van der Waals surface area contributed by atoms with Crippen molar-refractivity contribution in [1.82, 2.24) is 0 Å². The highest BCUT2D eigenvalue weighted by atomic mass is 16.6. The fraction of sp³-hybridized carbons (Fsp3) is 0.864. The summed E-state index contributed by atoms with van der Waals surface area (Å²) in [5, 5.41) is 0. The van der Waals surface area contributed by atoms with Crippen molar-refractivity contribution >= 4 is 17.9 Å². The number of carbonyl (C=O) groups is 3. The van der Waals surface area contributed by atoms with Gasteiger partial charge in [0.05, 0.1) is 0 Å². The van der Waals surface area contributed by atoms with Crippen molar-refractivity contribution in [2.75, 3.05) is 13.2 Å². The minimum Gasteiger partial charge on any atom is -0.462 e. The highest BCUT2D eigenvalue weighted by molar-refractivity contribution is 5.71. The molecule has 1 unspecified atom stereocenters. The number of carbonyl (C=O) groups excluding carboxylic acids is 3. The van der Waals surface area contributed by atoms with E-state index in [1.54, 1.807) is 0 Å². The van der Waals surface area contributed by atoms with E-state index in [-0.39, 0.29) is 31.1 Å². The molecular formula is C66H122O6. The fourth-order valence-electron chi connectivity index (χ4n) is 9.54. The standard InChI is InChI=1S/C66H122O6/c1-4-7-10-13-16-19-22-25-27-29-30-31-32-33-34-35-37-38-41-44-47-50-53-56-59-65(68)71-62-63(61-70-64(67)58-55-52-49-46-43-40-24-21-18-15-12-9-6-3)72-66(69)60-57-54-51-48-45-42-39-36-28-26-23-20-17-14-11-8-5-2/h12,15,21,24,26,28,63H,4-11,13-14,16-20,22-23,25,27,29-62H2,1-3H3/b15-12-,24-21-,28-26-. The van der Waals surface area contributed by atoms with E-state index in [1.165, 1.54) is 225 Å². The molecule has 0 saturated heterocycles. The van der Waals surface area contributed by atoms with Crippen molar-refractivity contribution in [3.05, 3.63) is 36.5 Å². The second kappa shape index (κ2) is 61.2. The van der Waals surface area contributed by atoms with Crippen LogP contribution in [0.5, 0.6) is 0 Å². The highest BCUT2D eigenvalue weighted by Crippen LogP contribution is 2.18. The summed E-state index contributed by atoms with van der Waals surface area (Å²) >= 11 is 0. The molecule has 6 heteroatoms. The molecule has 0 saturated carbocycles. The van der Waals surface area contributed by atoms with E-state index < -0.39 is 6.10 Å². The Balaban J connectivity index is 4.25. The van der Waals surface area contributed by atoms with Crippen LogP contribution in [0.1, 0.15) is 348 Å². The van der Waals surface area contributed by atoms with Gasteiger partial charge in [0, 0.05) is 19.3 Å². The molecule has 6 nitrogen and oxygen atoms in total. The molecule has 0 aromatic carbocycles. The van der Waals surface area contributed by atoms with Crippen molar-refractivity contribution in [1.29, 1.82) is 0 Å². The lowest BCUT2D eigenvalue weighted by Gasteiger charge is -2.18. The third-order valence-corrected chi connectivity index (χ3v) is 14.3. The average Bonchev–Trinajstić information content (AvgIpc) is 3.38. The molecule has 0 N–H and O–H groups in total. The summed E-state index contributed by atoms with van der Waals surface area (Å²) in [6.45, 7) is 6.61. The van der Waals surface area contributed by atoms with Gasteiger partial charge < -0.3 is 14.2 Å². The maximum atomic E-state index is 12.9. The molecule has 0 rings (SSSR count). The van der Waals surface area contributed by atoms with Crippen molar-refractivity contribution in [2.24, 2.45) is 0 Å². The second-order valence-electron chi connectivity index (χ2n) is 21.7. The van der Waals surface area contributed by atoms with Gasteiger partial charge in [0.25, 0.3) is 0 Å². The van der Waals surface area contributed by atoms with Gasteiger partial charge in [-0.1, -0.05) is 295 Å². The third kappa shape index (κ3) is 58.5. The van der Waals surface area contributed by atoms with Crippen LogP contribution >= 0.6 is 0 Å². The van der Waals surface area contributed by atoms with E-state index in [2.05, 4.69) is 57.2 Å². The van der Waals surface area contributed by atoms with Gasteiger partial charge in [-0.05, 0) is 70.6 Å². The summed E-state index contributed by atoms with van der Waals surface area (Å²) in [6.07, 6.45) is 74.4. The Kier molecular flexibility index (Phi) is 59.2. The lowest BCUT2D eigenvalue weighted by Crippen LogP contribution is -2.30. The number of esters is 3. The smallest absolute Gasteiger partial charge is 0.306 e. The van der Waals surface area contributed by atoms with Crippen LogP contribution in [0.15, 0.2) is 36.5 Å². The van der Waals surface area contributed by atoms with E-state index in [0.717, 1.165) is 83.5 Å². The van der Waals surface area contributed by atoms with Crippen LogP contribution in [-0.2, 0) is 28.6 Å². The summed E-state index contributed by atoms with van der Waals surface area (Å²) in [4.78, 5) is 38.3. The topological polar surface area (TPSA) is 78.9 Å². The molecule has 0 fully saturated rings. The molecule has 0 aromatic heterocycles. The van der Waals surface area contributed by atoms with E-state index in [0.29, 0.717) is 19.3 Å². The van der Waals surface area contributed by atoms with Gasteiger partial charge in [0.1, 0.15) is 13.2 Å². The lowest BCUT2D eigenvalue weighted by atomic mass is 10.0. The average molecular weight is 1010 g/mol. The zero-order valence-electron chi connectivity index (χ0n) is 48.5. The van der Waals surface area contributed by atoms with Gasteiger partial charge in [-0.15, -0.1) is 0 Å². The van der Waals surface area contributed by atoms with E-state index in [9.17, 15) is 14.4 Å². The highest BCUT2D eigenvalue weighted by Gasteiger charge is 2.19. The van der Waals surface area contributed by atoms with Gasteiger partial charge in [0.15, 0.2) is 6.10 Å². The summed E-state index contributed by atoms with van der Waals surface area (Å²) in [5.41, 5.74) is 0. The minimum atomic E-state index is -0.778. The Morgan fingerprint density at radius 2 is 0.528 bits per heavy atom. The Labute approximate surface area is 448 Å². The van der Waals surface area contributed by atoms with Gasteiger partial charge in [-0.25, -0.2) is 0 Å². The normalized spacial score (nSPS) is 12.2. The maximum absolute atomic E-state index is 12.9. The first-order valence-corrected chi connectivity index (χ1v) is 32.0. The van der Waals surface area contributed by atoms with Crippen molar-refractivity contribution in [3.63, 3.8) is 0 Å². The molecule has 72 heavy (non-hydrogen) atoms. The van der Waals surface area contributed by atoms with Crippen molar-refractivity contribution < 1.29 is 28.6 Å². The fourth-order valence-corrected chi connectivity index (χ4v) is 9.54. The van der Waals surface area contributed by atoms with Crippen molar-refractivity contribution in [2.45, 2.75) is 354 Å². The third-order valence-electron chi connectivity index (χ3n) is 14.3. The van der Waals surface area contributed by atoms with Crippen LogP contribution in [0.3, 0.4) is 0 Å². The van der Waals surface area contributed by atoms with Gasteiger partial charge in [-0.3, -0.25) is 14.4 Å². The Morgan fingerprint density at radius 3 is 0.833 bits per heavy atom. The zero-order valence-corrected chi connectivity index (χ0v) is 48.5. The Bertz CT molecular complexity index is 1210. The van der Waals surface area contributed by atoms with E-state index in [4.69, 9.17) is 14.2 Å². The molecule has 0 radical (unpaired) electrons. The Hall–Kier alpha value is -2.37. The molecule has 0 heterocycles. The number of unbranched alkanes of at least 4 members (excludes halogenated alkanes) is 42. The molecule has 0 spiro atoms. The van der Waals surface area contributed by atoms with Gasteiger partial charge in [0.2, 0.25) is 0 Å². The van der Waals surface area contributed by atoms with Crippen LogP contribution in [0.4, 0.5) is 0 Å². The number of hydrogen-bond donors (Lipinski definition) is 0. The minimum absolute atomic E-state index is 0.0744. The second-order valence-corrected chi connectivity index (χ2v) is 21.7. The summed E-state index contributed by atoms with van der Waals surface area (Å²) in [7, 11) is 0. The molecule has 0 aliphatic rings. The van der Waals surface area contributed by atoms with Gasteiger partial charge in [-0.2, -0.15) is 0 Å². The van der Waals surface area contributed by atoms with Crippen molar-refractivity contribution in [3.8, 4) is 0 Å². The first-order valence-electron chi connectivity index (χ1n) is 32.0. The summed E-state index contributed by atoms with van der Waals surface area (Å²) in [5.74, 6) is -0.872. The molecule has 422 valence electrons. The predicted molar refractivity (Wildman–Crippen MR) is 312 cm³/mol. The number of allylic oxidation sites excluding steroid dienone is 6. The molecule has 1 atom stereocenters. The molecule has 0 aliphatic heterocycles. The maximum Gasteiger partial charge on any atom is 0.306 e.